The molecule has 0 amide bonds. The molecule has 1 unspecified atom stereocenters. The number of rotatable bonds is 3. The summed E-state index contributed by atoms with van der Waals surface area (Å²) in [6, 6.07) is 7.81. The zero-order valence-corrected chi connectivity index (χ0v) is 8.11. The molecule has 1 aromatic rings. The third-order valence-corrected chi connectivity index (χ3v) is 2.64. The van der Waals surface area contributed by atoms with Crippen molar-refractivity contribution < 1.29 is 9.53 Å². The topological polar surface area (TPSA) is 26.3 Å². The number of carbonyl (C=O) groups excluding carboxylic acids is 1. The van der Waals surface area contributed by atoms with Gasteiger partial charge in [-0.25, -0.2) is 0 Å². The lowest BCUT2D eigenvalue weighted by Gasteiger charge is -2.07. The Hall–Kier alpha value is -1.15. The van der Waals surface area contributed by atoms with Crippen molar-refractivity contribution in [3.8, 4) is 0 Å². The van der Waals surface area contributed by atoms with Crippen LogP contribution in [0.2, 0.25) is 0 Å². The summed E-state index contributed by atoms with van der Waals surface area (Å²) in [7, 11) is 0. The van der Waals surface area contributed by atoms with Crippen molar-refractivity contribution in [1.29, 1.82) is 0 Å². The highest BCUT2D eigenvalue weighted by molar-refractivity contribution is 5.74. The van der Waals surface area contributed by atoms with Gasteiger partial charge in [0, 0.05) is 18.8 Å². The van der Waals surface area contributed by atoms with Crippen LogP contribution in [0.3, 0.4) is 0 Å². The number of hydrogen-bond acceptors (Lipinski definition) is 2. The van der Waals surface area contributed by atoms with E-state index in [1.54, 1.807) is 0 Å². The average molecular weight is 190 g/mol. The van der Waals surface area contributed by atoms with E-state index in [1.165, 1.54) is 5.56 Å². The fourth-order valence-electron chi connectivity index (χ4n) is 1.87. The van der Waals surface area contributed by atoms with E-state index < -0.39 is 0 Å². The van der Waals surface area contributed by atoms with Crippen molar-refractivity contribution in [3.63, 3.8) is 0 Å². The first-order valence-corrected chi connectivity index (χ1v) is 5.00. The largest absolute Gasteiger partial charge is 0.381 e. The van der Waals surface area contributed by atoms with Gasteiger partial charge in [0.1, 0.15) is 6.29 Å². The van der Waals surface area contributed by atoms with Crippen LogP contribution in [-0.2, 0) is 11.2 Å². The summed E-state index contributed by atoms with van der Waals surface area (Å²) < 4.78 is 5.32. The maximum Gasteiger partial charge on any atom is 0.150 e. The standard InChI is InChI=1S/C12H14O2/c13-8-11-3-1-2-10(6-11)7-12-4-5-14-9-12/h1-3,6,8,12H,4-5,7,9H2. The van der Waals surface area contributed by atoms with Crippen LogP contribution in [0.5, 0.6) is 0 Å². The maximum atomic E-state index is 10.6. The van der Waals surface area contributed by atoms with E-state index in [0.29, 0.717) is 5.92 Å². The van der Waals surface area contributed by atoms with Crippen molar-refractivity contribution in [2.75, 3.05) is 13.2 Å². The molecule has 0 aliphatic carbocycles. The summed E-state index contributed by atoms with van der Waals surface area (Å²) in [5.41, 5.74) is 2.01. The van der Waals surface area contributed by atoms with E-state index >= 15 is 0 Å². The summed E-state index contributed by atoms with van der Waals surface area (Å²) in [5, 5.41) is 0. The molecule has 74 valence electrons. The zero-order chi connectivity index (χ0) is 9.80. The number of carbonyl (C=O) groups is 1. The van der Waals surface area contributed by atoms with E-state index in [-0.39, 0.29) is 0 Å². The molecule has 1 heterocycles. The second-order valence-electron chi connectivity index (χ2n) is 3.80. The molecular weight excluding hydrogens is 176 g/mol. The Bertz CT molecular complexity index is 314. The minimum Gasteiger partial charge on any atom is -0.381 e. The van der Waals surface area contributed by atoms with Crippen molar-refractivity contribution >= 4 is 6.29 Å². The summed E-state index contributed by atoms with van der Waals surface area (Å²) in [6.07, 6.45) is 3.07. The smallest absolute Gasteiger partial charge is 0.150 e. The number of benzene rings is 1. The summed E-state index contributed by atoms with van der Waals surface area (Å²) in [4.78, 5) is 10.6. The third kappa shape index (κ3) is 2.20. The molecule has 1 saturated heterocycles. The molecular formula is C12H14O2. The van der Waals surface area contributed by atoms with Crippen molar-refractivity contribution in [2.24, 2.45) is 5.92 Å². The van der Waals surface area contributed by atoms with Crippen LogP contribution in [-0.4, -0.2) is 19.5 Å². The number of aldehydes is 1. The van der Waals surface area contributed by atoms with Crippen LogP contribution in [0.1, 0.15) is 22.3 Å². The van der Waals surface area contributed by atoms with Gasteiger partial charge in [-0.1, -0.05) is 18.2 Å². The predicted molar refractivity (Wildman–Crippen MR) is 54.5 cm³/mol. The van der Waals surface area contributed by atoms with Crippen LogP contribution >= 0.6 is 0 Å². The molecule has 1 atom stereocenters. The minimum absolute atomic E-state index is 0.636. The van der Waals surface area contributed by atoms with Gasteiger partial charge in [-0.2, -0.15) is 0 Å². The maximum absolute atomic E-state index is 10.6. The lowest BCUT2D eigenvalue weighted by atomic mass is 9.98. The molecule has 0 bridgehead atoms. The normalized spacial score (nSPS) is 21.0. The SMILES string of the molecule is O=Cc1cccc(CC2CCOC2)c1. The molecule has 1 aromatic carbocycles. The lowest BCUT2D eigenvalue weighted by Crippen LogP contribution is -2.03. The second kappa shape index (κ2) is 4.38. The molecule has 2 rings (SSSR count). The monoisotopic (exact) mass is 190 g/mol. The molecule has 2 heteroatoms. The van der Waals surface area contributed by atoms with Gasteiger partial charge in [0.2, 0.25) is 0 Å². The van der Waals surface area contributed by atoms with Gasteiger partial charge < -0.3 is 4.74 Å². The highest BCUT2D eigenvalue weighted by Crippen LogP contribution is 2.18. The summed E-state index contributed by atoms with van der Waals surface area (Å²) in [5.74, 6) is 0.636. The molecule has 1 fully saturated rings. The molecule has 1 aliphatic heterocycles. The van der Waals surface area contributed by atoms with E-state index in [1.807, 2.05) is 18.2 Å². The molecule has 0 aromatic heterocycles. The van der Waals surface area contributed by atoms with Gasteiger partial charge in [0.15, 0.2) is 0 Å². The van der Waals surface area contributed by atoms with Crippen molar-refractivity contribution in [1.82, 2.24) is 0 Å². The van der Waals surface area contributed by atoms with E-state index in [4.69, 9.17) is 4.74 Å². The first kappa shape index (κ1) is 9.41. The zero-order valence-electron chi connectivity index (χ0n) is 8.11. The van der Waals surface area contributed by atoms with Gasteiger partial charge >= 0.3 is 0 Å². The fourth-order valence-corrected chi connectivity index (χ4v) is 1.87. The van der Waals surface area contributed by atoms with Crippen LogP contribution in [0, 0.1) is 5.92 Å². The molecule has 0 radical (unpaired) electrons. The molecule has 1 aliphatic rings. The molecule has 0 N–H and O–H groups in total. The molecule has 14 heavy (non-hydrogen) atoms. The van der Waals surface area contributed by atoms with E-state index in [9.17, 15) is 4.79 Å². The predicted octanol–water partition coefficient (Wildman–Crippen LogP) is 2.08. The fraction of sp³-hybridized carbons (Fsp3) is 0.417. The van der Waals surface area contributed by atoms with Crippen molar-refractivity contribution in [2.45, 2.75) is 12.8 Å². The summed E-state index contributed by atoms with van der Waals surface area (Å²) >= 11 is 0. The van der Waals surface area contributed by atoms with Gasteiger partial charge in [-0.05, 0) is 30.4 Å². The van der Waals surface area contributed by atoms with E-state index in [0.717, 1.165) is 37.9 Å². The van der Waals surface area contributed by atoms with Crippen LogP contribution in [0.4, 0.5) is 0 Å². The number of hydrogen-bond donors (Lipinski definition) is 0. The lowest BCUT2D eigenvalue weighted by molar-refractivity contribution is 0.112. The first-order valence-electron chi connectivity index (χ1n) is 5.00. The highest BCUT2D eigenvalue weighted by Gasteiger charge is 2.15. The average Bonchev–Trinajstić information content (AvgIpc) is 2.71. The van der Waals surface area contributed by atoms with Gasteiger partial charge in [-0.3, -0.25) is 4.79 Å². The highest BCUT2D eigenvalue weighted by atomic mass is 16.5. The Kier molecular flexibility index (Phi) is 2.94. The summed E-state index contributed by atoms with van der Waals surface area (Å²) in [6.45, 7) is 1.75. The second-order valence-corrected chi connectivity index (χ2v) is 3.80. The Morgan fingerprint density at radius 1 is 1.50 bits per heavy atom. The number of ether oxygens (including phenoxy) is 1. The third-order valence-electron chi connectivity index (χ3n) is 2.64. The molecule has 0 spiro atoms. The Morgan fingerprint density at radius 2 is 2.43 bits per heavy atom. The van der Waals surface area contributed by atoms with Crippen LogP contribution in [0.15, 0.2) is 24.3 Å². The van der Waals surface area contributed by atoms with Crippen LogP contribution < -0.4 is 0 Å². The Balaban J connectivity index is 2.04. The van der Waals surface area contributed by atoms with Gasteiger partial charge in [0.25, 0.3) is 0 Å². The molecule has 2 nitrogen and oxygen atoms in total. The molecule has 0 saturated carbocycles. The van der Waals surface area contributed by atoms with Crippen molar-refractivity contribution in [3.05, 3.63) is 35.4 Å². The van der Waals surface area contributed by atoms with E-state index in [2.05, 4.69) is 6.07 Å². The Labute approximate surface area is 83.9 Å². The van der Waals surface area contributed by atoms with Gasteiger partial charge in [0.05, 0.1) is 0 Å². The quantitative estimate of drug-likeness (QED) is 0.682. The first-order chi connectivity index (χ1) is 6.88. The minimum atomic E-state index is 0.636. The Morgan fingerprint density at radius 3 is 3.14 bits per heavy atom. The van der Waals surface area contributed by atoms with Gasteiger partial charge in [-0.15, -0.1) is 0 Å². The van der Waals surface area contributed by atoms with Crippen LogP contribution in [0.25, 0.3) is 0 Å².